The summed E-state index contributed by atoms with van der Waals surface area (Å²) in [5, 5.41) is 13.6. The van der Waals surface area contributed by atoms with Crippen molar-refractivity contribution in [3.05, 3.63) is 52.1 Å². The lowest BCUT2D eigenvalue weighted by Crippen LogP contribution is -2.29. The van der Waals surface area contributed by atoms with Crippen LogP contribution in [0.3, 0.4) is 0 Å². The lowest BCUT2D eigenvalue weighted by atomic mass is 10.1. The van der Waals surface area contributed by atoms with Gasteiger partial charge in [0.05, 0.1) is 28.3 Å². The zero-order chi connectivity index (χ0) is 19.8. The van der Waals surface area contributed by atoms with Gasteiger partial charge in [0, 0.05) is 25.6 Å². The first-order valence-corrected chi connectivity index (χ1v) is 9.43. The maximum absolute atomic E-state index is 13.1. The van der Waals surface area contributed by atoms with E-state index in [4.69, 9.17) is 4.74 Å². The van der Waals surface area contributed by atoms with Crippen LogP contribution in [0.2, 0.25) is 0 Å². The molecule has 3 rings (SSSR count). The van der Waals surface area contributed by atoms with Crippen molar-refractivity contribution in [2.45, 2.75) is 18.2 Å². The summed E-state index contributed by atoms with van der Waals surface area (Å²) in [5.41, 5.74) is 1.06. The molecule has 1 aliphatic heterocycles. The smallest absolute Gasteiger partial charge is 0.271 e. The Labute approximate surface area is 155 Å². The molecule has 2 aromatic rings. The fourth-order valence-corrected chi connectivity index (χ4v) is 4.49. The predicted octanol–water partition coefficient (Wildman–Crippen LogP) is 2.31. The minimum atomic E-state index is -3.97. The van der Waals surface area contributed by atoms with Gasteiger partial charge in [0.15, 0.2) is 0 Å². The predicted molar refractivity (Wildman–Crippen MR) is 98.6 cm³/mol. The SMILES string of the molecule is COc1ccc(S(=O)(=O)N2CCc3ccc([N+](=O)[O-])cc32)cc1NC(C)=O. The van der Waals surface area contributed by atoms with Crippen molar-refractivity contribution in [3.63, 3.8) is 0 Å². The highest BCUT2D eigenvalue weighted by atomic mass is 32.2. The molecular weight excluding hydrogens is 374 g/mol. The third-order valence-electron chi connectivity index (χ3n) is 4.20. The standard InChI is InChI=1S/C17H17N3O6S/c1-11(21)18-15-10-14(5-6-17(15)26-2)27(24,25)19-8-7-12-3-4-13(20(22)23)9-16(12)19/h3-6,9-10H,7-8H2,1-2H3,(H,18,21). The van der Waals surface area contributed by atoms with Gasteiger partial charge in [-0.3, -0.25) is 19.2 Å². The summed E-state index contributed by atoms with van der Waals surface area (Å²) in [7, 11) is -2.57. The van der Waals surface area contributed by atoms with Gasteiger partial charge in [0.1, 0.15) is 5.75 Å². The van der Waals surface area contributed by atoms with Crippen molar-refractivity contribution in [2.24, 2.45) is 0 Å². The van der Waals surface area contributed by atoms with Crippen LogP contribution in [0.15, 0.2) is 41.3 Å². The Morgan fingerprint density at radius 1 is 1.26 bits per heavy atom. The van der Waals surface area contributed by atoms with Crippen molar-refractivity contribution in [1.29, 1.82) is 0 Å². The van der Waals surface area contributed by atoms with E-state index in [-0.39, 0.29) is 28.7 Å². The fourth-order valence-electron chi connectivity index (χ4n) is 2.96. The first kappa shape index (κ1) is 18.6. The van der Waals surface area contributed by atoms with Crippen LogP contribution in [0.25, 0.3) is 0 Å². The number of non-ortho nitro benzene ring substituents is 1. The Morgan fingerprint density at radius 3 is 2.63 bits per heavy atom. The number of anilines is 2. The number of nitro benzene ring substituents is 1. The fraction of sp³-hybridized carbons (Fsp3) is 0.235. The molecule has 10 heteroatoms. The molecule has 1 heterocycles. The number of methoxy groups -OCH3 is 1. The molecule has 0 saturated heterocycles. The molecule has 142 valence electrons. The second-order valence-corrected chi connectivity index (χ2v) is 7.80. The van der Waals surface area contributed by atoms with Gasteiger partial charge >= 0.3 is 0 Å². The number of hydrogen-bond acceptors (Lipinski definition) is 6. The Bertz CT molecular complexity index is 1030. The average molecular weight is 391 g/mol. The molecule has 2 aromatic carbocycles. The van der Waals surface area contributed by atoms with E-state index in [0.29, 0.717) is 17.9 Å². The quantitative estimate of drug-likeness (QED) is 0.617. The molecule has 0 atom stereocenters. The number of nitro groups is 1. The largest absolute Gasteiger partial charge is 0.495 e. The van der Waals surface area contributed by atoms with Crippen LogP contribution in [0.5, 0.6) is 5.75 Å². The molecule has 0 aromatic heterocycles. The Hall–Kier alpha value is -3.14. The first-order valence-electron chi connectivity index (χ1n) is 7.99. The molecule has 9 nitrogen and oxygen atoms in total. The third-order valence-corrected chi connectivity index (χ3v) is 6.01. The van der Waals surface area contributed by atoms with E-state index >= 15 is 0 Å². The van der Waals surface area contributed by atoms with Gasteiger partial charge < -0.3 is 10.1 Å². The third kappa shape index (κ3) is 3.43. The normalized spacial score (nSPS) is 13.2. The average Bonchev–Trinajstić information content (AvgIpc) is 3.05. The first-order chi connectivity index (χ1) is 12.7. The summed E-state index contributed by atoms with van der Waals surface area (Å²) >= 11 is 0. The number of carbonyl (C=O) groups excluding carboxylic acids is 1. The molecule has 0 fully saturated rings. The number of fused-ring (bicyclic) bond motifs is 1. The number of ether oxygens (including phenoxy) is 1. The molecule has 1 amide bonds. The second kappa shape index (κ2) is 6.88. The van der Waals surface area contributed by atoms with Crippen LogP contribution in [-0.4, -0.2) is 32.9 Å². The highest BCUT2D eigenvalue weighted by Crippen LogP contribution is 2.37. The second-order valence-electron chi connectivity index (χ2n) is 5.94. The number of nitrogens with zero attached hydrogens (tertiary/aromatic N) is 2. The van der Waals surface area contributed by atoms with E-state index in [0.717, 1.165) is 9.87 Å². The van der Waals surface area contributed by atoms with Gasteiger partial charge in [-0.2, -0.15) is 0 Å². The molecule has 1 aliphatic rings. The summed E-state index contributed by atoms with van der Waals surface area (Å²) in [6, 6.07) is 8.32. The number of benzene rings is 2. The summed E-state index contributed by atoms with van der Waals surface area (Å²) in [6.45, 7) is 1.48. The Morgan fingerprint density at radius 2 is 2.00 bits per heavy atom. The highest BCUT2D eigenvalue weighted by molar-refractivity contribution is 7.92. The molecule has 1 N–H and O–H groups in total. The number of rotatable bonds is 5. The zero-order valence-corrected chi connectivity index (χ0v) is 15.4. The summed E-state index contributed by atoms with van der Waals surface area (Å²) in [4.78, 5) is 21.8. The molecule has 27 heavy (non-hydrogen) atoms. The van der Waals surface area contributed by atoms with Crippen LogP contribution in [0, 0.1) is 10.1 Å². The molecule has 0 radical (unpaired) electrons. The van der Waals surface area contributed by atoms with Crippen LogP contribution >= 0.6 is 0 Å². The number of carbonyl (C=O) groups is 1. The van der Waals surface area contributed by atoms with Gasteiger partial charge in [0.2, 0.25) is 5.91 Å². The highest BCUT2D eigenvalue weighted by Gasteiger charge is 2.32. The molecule has 0 unspecified atom stereocenters. The van der Waals surface area contributed by atoms with Gasteiger partial charge in [-0.1, -0.05) is 6.07 Å². The van der Waals surface area contributed by atoms with Crippen molar-refractivity contribution in [2.75, 3.05) is 23.3 Å². The maximum Gasteiger partial charge on any atom is 0.271 e. The molecule has 0 spiro atoms. The van der Waals surface area contributed by atoms with E-state index in [9.17, 15) is 23.3 Å². The van der Waals surface area contributed by atoms with Crippen molar-refractivity contribution in [1.82, 2.24) is 0 Å². The van der Waals surface area contributed by atoms with E-state index in [2.05, 4.69) is 5.32 Å². The number of sulfonamides is 1. The van der Waals surface area contributed by atoms with Crippen LogP contribution in [-0.2, 0) is 21.2 Å². The van der Waals surface area contributed by atoms with Crippen molar-refractivity contribution in [3.8, 4) is 5.75 Å². The van der Waals surface area contributed by atoms with Crippen LogP contribution < -0.4 is 14.4 Å². The molecule has 0 bridgehead atoms. The summed E-state index contributed by atoms with van der Waals surface area (Å²) in [6.07, 6.45) is 0.460. The molecule has 0 saturated carbocycles. The summed E-state index contributed by atoms with van der Waals surface area (Å²) in [5.74, 6) is -0.0494. The van der Waals surface area contributed by atoms with E-state index in [1.54, 1.807) is 6.07 Å². The van der Waals surface area contributed by atoms with Crippen LogP contribution in [0.4, 0.5) is 17.1 Å². The van der Waals surface area contributed by atoms with Gasteiger partial charge in [-0.25, -0.2) is 8.42 Å². The molecule has 0 aliphatic carbocycles. The number of hydrogen-bond donors (Lipinski definition) is 1. The van der Waals surface area contributed by atoms with E-state index in [1.807, 2.05) is 0 Å². The van der Waals surface area contributed by atoms with Gasteiger partial charge in [-0.05, 0) is 30.2 Å². The topological polar surface area (TPSA) is 119 Å². The minimum absolute atomic E-state index is 0.0496. The minimum Gasteiger partial charge on any atom is -0.495 e. The maximum atomic E-state index is 13.1. The van der Waals surface area contributed by atoms with Crippen molar-refractivity contribution >= 4 is 33.0 Å². The number of amides is 1. The number of nitrogens with one attached hydrogen (secondary N) is 1. The monoisotopic (exact) mass is 391 g/mol. The van der Waals surface area contributed by atoms with Crippen LogP contribution in [0.1, 0.15) is 12.5 Å². The molecular formula is C17H17N3O6S. The summed E-state index contributed by atoms with van der Waals surface area (Å²) < 4.78 is 32.5. The Balaban J connectivity index is 2.05. The van der Waals surface area contributed by atoms with Crippen molar-refractivity contribution < 1.29 is 22.9 Å². The van der Waals surface area contributed by atoms with E-state index in [1.165, 1.54) is 44.4 Å². The van der Waals surface area contributed by atoms with Gasteiger partial charge in [0.25, 0.3) is 15.7 Å². The lowest BCUT2D eigenvalue weighted by Gasteiger charge is -2.20. The Kier molecular flexibility index (Phi) is 4.75. The zero-order valence-electron chi connectivity index (χ0n) is 14.6. The lowest BCUT2D eigenvalue weighted by molar-refractivity contribution is -0.384. The van der Waals surface area contributed by atoms with Gasteiger partial charge in [-0.15, -0.1) is 0 Å². The van der Waals surface area contributed by atoms with E-state index < -0.39 is 14.9 Å².